The van der Waals surface area contributed by atoms with Gasteiger partial charge in [-0.1, -0.05) is 0 Å². The summed E-state index contributed by atoms with van der Waals surface area (Å²) >= 11 is 0. The smallest absolute Gasteiger partial charge is 0.256 e. The van der Waals surface area contributed by atoms with Gasteiger partial charge in [-0.15, -0.1) is 0 Å². The number of fused-ring (bicyclic) bond motifs is 2. The number of aryl methyl sites for hydroxylation is 1. The molecule has 5 nitrogen and oxygen atoms in total. The van der Waals surface area contributed by atoms with Gasteiger partial charge in [0.25, 0.3) is 5.91 Å². The van der Waals surface area contributed by atoms with Crippen LogP contribution in [0, 0.1) is 0 Å². The van der Waals surface area contributed by atoms with E-state index in [1.165, 1.54) is 17.7 Å². The number of amides is 1. The van der Waals surface area contributed by atoms with Crippen LogP contribution in [-0.4, -0.2) is 26.0 Å². The highest BCUT2D eigenvalue weighted by molar-refractivity contribution is 5.97. The molecule has 0 saturated heterocycles. The molecule has 0 saturated carbocycles. The van der Waals surface area contributed by atoms with Crippen molar-refractivity contribution in [2.75, 3.05) is 0 Å². The molecule has 3 heterocycles. The Kier molecular flexibility index (Phi) is 2.21. The van der Waals surface area contributed by atoms with E-state index < -0.39 is 0 Å². The van der Waals surface area contributed by atoms with Gasteiger partial charge in [0, 0.05) is 11.9 Å². The monoisotopic (exact) mass is 254 g/mol. The van der Waals surface area contributed by atoms with E-state index in [1.807, 2.05) is 17.0 Å². The first kappa shape index (κ1) is 10.7. The zero-order chi connectivity index (χ0) is 12.8. The topological polar surface area (TPSA) is 61.9 Å². The molecule has 0 fully saturated rings. The molecule has 4 rings (SSSR count). The summed E-state index contributed by atoms with van der Waals surface area (Å²) in [6.45, 7) is 1.18. The lowest BCUT2D eigenvalue weighted by Gasteiger charge is -2.14. The lowest BCUT2D eigenvalue weighted by molar-refractivity contribution is 0.0764. The third kappa shape index (κ3) is 1.58. The predicted octanol–water partition coefficient (Wildman–Crippen LogP) is 1.45. The molecule has 5 heteroatoms. The molecule has 19 heavy (non-hydrogen) atoms. The number of aromatic nitrogens is 3. The third-order valence-electron chi connectivity index (χ3n) is 3.98. The third-order valence-corrected chi connectivity index (χ3v) is 3.98. The number of nitrogens with one attached hydrogen (secondary N) is 1. The summed E-state index contributed by atoms with van der Waals surface area (Å²) in [5.74, 6) is 0.0675. The first-order valence-electron chi connectivity index (χ1n) is 6.61. The summed E-state index contributed by atoms with van der Waals surface area (Å²) in [7, 11) is 0. The van der Waals surface area contributed by atoms with Gasteiger partial charge in [0.2, 0.25) is 0 Å². The zero-order valence-corrected chi connectivity index (χ0v) is 10.5. The van der Waals surface area contributed by atoms with Crippen LogP contribution in [0.2, 0.25) is 0 Å². The number of rotatable bonds is 2. The Labute approximate surface area is 110 Å². The molecule has 2 aromatic heterocycles. The van der Waals surface area contributed by atoms with Crippen molar-refractivity contribution in [3.05, 3.63) is 46.5 Å². The number of hydrogen-bond donors (Lipinski definition) is 1. The summed E-state index contributed by atoms with van der Waals surface area (Å²) in [4.78, 5) is 18.4. The van der Waals surface area contributed by atoms with Gasteiger partial charge in [-0.2, -0.15) is 5.10 Å². The number of carbonyl (C=O) groups excluding carboxylic acids is 1. The van der Waals surface area contributed by atoms with Crippen molar-refractivity contribution in [3.63, 3.8) is 0 Å². The van der Waals surface area contributed by atoms with Gasteiger partial charge in [0.15, 0.2) is 0 Å². The van der Waals surface area contributed by atoms with Gasteiger partial charge in [-0.3, -0.25) is 14.9 Å². The average molecular weight is 254 g/mol. The van der Waals surface area contributed by atoms with Gasteiger partial charge in [-0.05, 0) is 37.0 Å². The highest BCUT2D eigenvalue weighted by Gasteiger charge is 2.30. The van der Waals surface area contributed by atoms with E-state index in [-0.39, 0.29) is 5.91 Å². The van der Waals surface area contributed by atoms with Gasteiger partial charge in [0.1, 0.15) is 0 Å². The average Bonchev–Trinajstić information content (AvgIpc) is 3.08. The van der Waals surface area contributed by atoms with Crippen molar-refractivity contribution in [2.24, 2.45) is 0 Å². The van der Waals surface area contributed by atoms with E-state index >= 15 is 0 Å². The second-order valence-corrected chi connectivity index (χ2v) is 5.14. The molecule has 0 aromatic carbocycles. The first-order chi connectivity index (χ1) is 9.33. The Morgan fingerprint density at radius 2 is 2.32 bits per heavy atom. The molecule has 0 unspecified atom stereocenters. The molecular weight excluding hydrogens is 240 g/mol. The van der Waals surface area contributed by atoms with Crippen molar-refractivity contribution in [3.8, 4) is 0 Å². The number of carbonyl (C=O) groups is 1. The first-order valence-corrected chi connectivity index (χ1v) is 6.61. The predicted molar refractivity (Wildman–Crippen MR) is 68.4 cm³/mol. The minimum Gasteiger partial charge on any atom is -0.327 e. The Bertz CT molecular complexity index is 661. The number of H-pyrrole nitrogens is 1. The number of hydrogen-bond acceptors (Lipinski definition) is 3. The summed E-state index contributed by atoms with van der Waals surface area (Å²) in [5.41, 5.74) is 5.19. The van der Waals surface area contributed by atoms with Gasteiger partial charge >= 0.3 is 0 Å². The fourth-order valence-electron chi connectivity index (χ4n) is 3.01. The van der Waals surface area contributed by atoms with Crippen molar-refractivity contribution in [2.45, 2.75) is 32.4 Å². The minimum atomic E-state index is 0.0675. The van der Waals surface area contributed by atoms with Crippen LogP contribution in [0.25, 0.3) is 0 Å². The Morgan fingerprint density at radius 3 is 3.21 bits per heavy atom. The van der Waals surface area contributed by atoms with Crippen molar-refractivity contribution >= 4 is 5.91 Å². The number of aromatic amines is 1. The lowest BCUT2D eigenvalue weighted by atomic mass is 10.2. The highest BCUT2D eigenvalue weighted by atomic mass is 16.2. The molecule has 0 atom stereocenters. The Balaban J connectivity index is 1.61. The second kappa shape index (κ2) is 3.91. The fourth-order valence-corrected chi connectivity index (χ4v) is 3.01. The molecule has 2 aromatic rings. The standard InChI is InChI=1S/C14H14N4O/c19-14-10-4-2-6-15-12(10)7-18(14)8-13-9-3-1-5-11(9)16-17-13/h2,4,6H,1,3,5,7-8H2,(H,16,17). The maximum atomic E-state index is 12.3. The van der Waals surface area contributed by atoms with Gasteiger partial charge in [-0.25, -0.2) is 0 Å². The summed E-state index contributed by atoms with van der Waals surface area (Å²) < 4.78 is 0. The van der Waals surface area contributed by atoms with Crippen LogP contribution in [0.3, 0.4) is 0 Å². The zero-order valence-electron chi connectivity index (χ0n) is 10.5. The molecule has 2 aliphatic rings. The van der Waals surface area contributed by atoms with Crippen molar-refractivity contribution < 1.29 is 4.79 Å². The quantitative estimate of drug-likeness (QED) is 0.882. The Morgan fingerprint density at radius 1 is 1.37 bits per heavy atom. The van der Waals surface area contributed by atoms with Gasteiger partial charge in [0.05, 0.1) is 30.0 Å². The summed E-state index contributed by atoms with van der Waals surface area (Å²) in [6, 6.07) is 3.66. The van der Waals surface area contributed by atoms with E-state index in [0.717, 1.165) is 29.8 Å². The molecule has 1 N–H and O–H groups in total. The lowest BCUT2D eigenvalue weighted by Crippen LogP contribution is -2.24. The summed E-state index contributed by atoms with van der Waals surface area (Å²) in [6.07, 6.45) is 5.08. The largest absolute Gasteiger partial charge is 0.327 e. The van der Waals surface area contributed by atoms with Crippen LogP contribution in [0.4, 0.5) is 0 Å². The van der Waals surface area contributed by atoms with Crippen LogP contribution in [-0.2, 0) is 25.9 Å². The normalized spacial score (nSPS) is 16.8. The van der Waals surface area contributed by atoms with Crippen LogP contribution in [0.1, 0.15) is 39.4 Å². The van der Waals surface area contributed by atoms with Crippen molar-refractivity contribution in [1.29, 1.82) is 0 Å². The maximum Gasteiger partial charge on any atom is 0.256 e. The maximum absolute atomic E-state index is 12.3. The number of pyridine rings is 1. The van der Waals surface area contributed by atoms with Crippen LogP contribution < -0.4 is 0 Å². The molecule has 0 radical (unpaired) electrons. The molecule has 0 spiro atoms. The van der Waals surface area contributed by atoms with Crippen molar-refractivity contribution in [1.82, 2.24) is 20.1 Å². The van der Waals surface area contributed by atoms with E-state index in [1.54, 1.807) is 6.20 Å². The van der Waals surface area contributed by atoms with Gasteiger partial charge < -0.3 is 4.90 Å². The van der Waals surface area contributed by atoms with E-state index in [9.17, 15) is 4.79 Å². The van der Waals surface area contributed by atoms with E-state index in [0.29, 0.717) is 13.1 Å². The Hall–Kier alpha value is -2.17. The second-order valence-electron chi connectivity index (χ2n) is 5.14. The molecule has 0 bridgehead atoms. The highest BCUT2D eigenvalue weighted by Crippen LogP contribution is 2.27. The minimum absolute atomic E-state index is 0.0675. The van der Waals surface area contributed by atoms with Crippen LogP contribution in [0.15, 0.2) is 18.3 Å². The van der Waals surface area contributed by atoms with Crippen LogP contribution in [0.5, 0.6) is 0 Å². The molecule has 1 aliphatic heterocycles. The fraction of sp³-hybridized carbons (Fsp3) is 0.357. The molecule has 96 valence electrons. The molecule has 1 amide bonds. The SMILES string of the molecule is O=C1c2cccnc2CN1Cc1n[nH]c2c1CCC2. The van der Waals surface area contributed by atoms with Crippen LogP contribution >= 0.6 is 0 Å². The molecule has 1 aliphatic carbocycles. The van der Waals surface area contributed by atoms with E-state index in [4.69, 9.17) is 0 Å². The summed E-state index contributed by atoms with van der Waals surface area (Å²) in [5, 5.41) is 7.45. The molecular formula is C14H14N4O. The van der Waals surface area contributed by atoms with E-state index in [2.05, 4.69) is 15.2 Å². The number of nitrogens with zero attached hydrogens (tertiary/aromatic N) is 3.